The van der Waals surface area contributed by atoms with E-state index in [-0.39, 0.29) is 23.8 Å². The number of aromatic nitrogens is 4. The summed E-state index contributed by atoms with van der Waals surface area (Å²) in [6, 6.07) is 12.4. The van der Waals surface area contributed by atoms with Gasteiger partial charge in [-0.25, -0.2) is 23.3 Å². The first-order valence-corrected chi connectivity index (χ1v) is 8.85. The molecule has 0 saturated carbocycles. The van der Waals surface area contributed by atoms with E-state index in [0.29, 0.717) is 11.4 Å². The smallest absolute Gasteiger partial charge is 0.351 e. The lowest BCUT2D eigenvalue weighted by Crippen LogP contribution is -2.28. The van der Waals surface area contributed by atoms with Crippen molar-refractivity contribution in [1.82, 2.24) is 19.2 Å². The molecule has 2 aromatic carbocycles. The summed E-state index contributed by atoms with van der Waals surface area (Å²) in [6.07, 6.45) is 2.75. The Labute approximate surface area is 169 Å². The van der Waals surface area contributed by atoms with Gasteiger partial charge in [0.05, 0.1) is 12.8 Å². The number of para-hydroxylation sites is 2. The van der Waals surface area contributed by atoms with Crippen LogP contribution in [0.15, 0.2) is 65.7 Å². The number of carbonyl (C=O) groups is 1. The summed E-state index contributed by atoms with van der Waals surface area (Å²) < 4.78 is 26.3. The van der Waals surface area contributed by atoms with Crippen molar-refractivity contribution in [2.45, 2.75) is 6.54 Å². The molecule has 4 aromatic rings. The molecule has 30 heavy (non-hydrogen) atoms. The van der Waals surface area contributed by atoms with E-state index in [9.17, 15) is 14.0 Å². The first kappa shape index (κ1) is 19.1. The van der Waals surface area contributed by atoms with Crippen LogP contribution in [-0.2, 0) is 11.3 Å². The van der Waals surface area contributed by atoms with E-state index in [1.807, 2.05) is 0 Å². The van der Waals surface area contributed by atoms with Crippen molar-refractivity contribution in [1.29, 1.82) is 0 Å². The Bertz CT molecular complexity index is 1280. The van der Waals surface area contributed by atoms with Gasteiger partial charge in [0.25, 0.3) is 5.88 Å². The fraction of sp³-hybridized carbons (Fsp3) is 0.100. The Morgan fingerprint density at radius 1 is 1.20 bits per heavy atom. The van der Waals surface area contributed by atoms with Crippen molar-refractivity contribution in [3.05, 3.63) is 77.2 Å². The van der Waals surface area contributed by atoms with Crippen LogP contribution in [0, 0.1) is 5.82 Å². The third-order valence-electron chi connectivity index (χ3n) is 4.15. The fourth-order valence-electron chi connectivity index (χ4n) is 2.82. The van der Waals surface area contributed by atoms with E-state index in [2.05, 4.69) is 15.4 Å². The molecule has 0 saturated heterocycles. The van der Waals surface area contributed by atoms with Gasteiger partial charge in [-0.3, -0.25) is 4.79 Å². The summed E-state index contributed by atoms with van der Waals surface area (Å²) in [5.41, 5.74) is 0.0159. The van der Waals surface area contributed by atoms with Crippen LogP contribution in [0.5, 0.6) is 17.4 Å². The Hall–Kier alpha value is -4.21. The first-order chi connectivity index (χ1) is 14.5. The van der Waals surface area contributed by atoms with Crippen LogP contribution in [0.1, 0.15) is 0 Å². The van der Waals surface area contributed by atoms with Gasteiger partial charge in [0.15, 0.2) is 0 Å². The van der Waals surface area contributed by atoms with Crippen LogP contribution in [0.4, 0.5) is 10.1 Å². The first-order valence-electron chi connectivity index (χ1n) is 8.85. The van der Waals surface area contributed by atoms with Crippen molar-refractivity contribution < 1.29 is 18.7 Å². The molecule has 0 aliphatic heterocycles. The molecule has 1 amide bonds. The van der Waals surface area contributed by atoms with Gasteiger partial charge in [0.1, 0.15) is 23.9 Å². The second-order valence-corrected chi connectivity index (χ2v) is 6.17. The molecule has 0 bridgehead atoms. The lowest BCUT2D eigenvalue weighted by molar-refractivity contribution is -0.117. The SMILES string of the molecule is COc1ccccc1NC(=O)Cn1nc2c(Oc3cccc(F)c3)nccn2c1=O. The molecule has 9 nitrogen and oxygen atoms in total. The number of benzene rings is 2. The molecular formula is C20H16FN5O4. The molecular weight excluding hydrogens is 393 g/mol. The zero-order valence-electron chi connectivity index (χ0n) is 15.8. The highest BCUT2D eigenvalue weighted by atomic mass is 19.1. The van der Waals surface area contributed by atoms with Gasteiger partial charge >= 0.3 is 5.69 Å². The maximum atomic E-state index is 13.4. The maximum absolute atomic E-state index is 13.4. The van der Waals surface area contributed by atoms with Crippen LogP contribution >= 0.6 is 0 Å². The van der Waals surface area contributed by atoms with Crippen LogP contribution in [0.3, 0.4) is 0 Å². The quantitative estimate of drug-likeness (QED) is 0.525. The van der Waals surface area contributed by atoms with E-state index in [0.717, 1.165) is 4.68 Å². The van der Waals surface area contributed by atoms with E-state index in [1.54, 1.807) is 30.3 Å². The monoisotopic (exact) mass is 409 g/mol. The van der Waals surface area contributed by atoms with Crippen LogP contribution in [-0.4, -0.2) is 32.2 Å². The number of hydrogen-bond donors (Lipinski definition) is 1. The summed E-state index contributed by atoms with van der Waals surface area (Å²) in [6.45, 7) is -0.335. The number of nitrogens with zero attached hydrogens (tertiary/aromatic N) is 4. The van der Waals surface area contributed by atoms with Crippen molar-refractivity contribution in [3.8, 4) is 17.4 Å². The minimum Gasteiger partial charge on any atom is -0.495 e. The van der Waals surface area contributed by atoms with Gasteiger partial charge in [-0.05, 0) is 24.3 Å². The van der Waals surface area contributed by atoms with Crippen LogP contribution < -0.4 is 20.5 Å². The molecule has 0 aliphatic carbocycles. The second-order valence-electron chi connectivity index (χ2n) is 6.17. The van der Waals surface area contributed by atoms with Crippen molar-refractivity contribution in [2.75, 3.05) is 12.4 Å². The van der Waals surface area contributed by atoms with Crippen molar-refractivity contribution in [2.24, 2.45) is 0 Å². The third kappa shape index (κ3) is 3.83. The second kappa shape index (κ2) is 8.03. The molecule has 1 N–H and O–H groups in total. The minimum atomic E-state index is -0.549. The number of carbonyl (C=O) groups excluding carboxylic acids is 1. The van der Waals surface area contributed by atoms with Gasteiger partial charge in [0.2, 0.25) is 11.6 Å². The number of halogens is 1. The Morgan fingerprint density at radius 3 is 2.83 bits per heavy atom. The zero-order valence-corrected chi connectivity index (χ0v) is 15.8. The molecule has 4 rings (SSSR count). The molecule has 0 atom stereocenters. The number of anilines is 1. The van der Waals surface area contributed by atoms with E-state index >= 15 is 0 Å². The molecule has 152 valence electrons. The molecule has 0 fully saturated rings. The standard InChI is InChI=1S/C20H16FN5O4/c1-29-16-8-3-2-7-15(16)23-17(27)12-26-20(28)25-10-9-22-19(18(25)24-26)30-14-6-4-5-13(21)11-14/h2-11H,12H2,1H3,(H,23,27). The Morgan fingerprint density at radius 2 is 2.03 bits per heavy atom. The summed E-state index contributed by atoms with van der Waals surface area (Å²) in [4.78, 5) is 29.1. The minimum absolute atomic E-state index is 0.00378. The Balaban J connectivity index is 1.60. The van der Waals surface area contributed by atoms with Crippen molar-refractivity contribution >= 4 is 17.2 Å². The number of nitrogens with one attached hydrogen (secondary N) is 1. The summed E-state index contributed by atoms with van der Waals surface area (Å²) in [5, 5.41) is 6.83. The predicted octanol–water partition coefficient (Wildman–Crippen LogP) is 2.47. The Kier molecular flexibility index (Phi) is 5.12. The highest BCUT2D eigenvalue weighted by Crippen LogP contribution is 2.24. The molecule has 2 aromatic heterocycles. The number of ether oxygens (including phenoxy) is 2. The van der Waals surface area contributed by atoms with Gasteiger partial charge < -0.3 is 14.8 Å². The van der Waals surface area contributed by atoms with Gasteiger partial charge in [0, 0.05) is 18.5 Å². The van der Waals surface area contributed by atoms with Gasteiger partial charge in [-0.15, -0.1) is 5.10 Å². The highest BCUT2D eigenvalue weighted by Gasteiger charge is 2.16. The predicted molar refractivity (Wildman–Crippen MR) is 105 cm³/mol. The third-order valence-corrected chi connectivity index (χ3v) is 4.15. The fourth-order valence-corrected chi connectivity index (χ4v) is 2.82. The highest BCUT2D eigenvalue weighted by molar-refractivity contribution is 5.92. The van der Waals surface area contributed by atoms with Crippen LogP contribution in [0.25, 0.3) is 5.65 Å². The topological polar surface area (TPSA) is 99.8 Å². The number of hydrogen-bond acceptors (Lipinski definition) is 6. The molecule has 10 heteroatoms. The lowest BCUT2D eigenvalue weighted by atomic mass is 10.3. The zero-order chi connectivity index (χ0) is 21.1. The molecule has 0 unspecified atom stereocenters. The number of fused-ring (bicyclic) bond motifs is 1. The van der Waals surface area contributed by atoms with Gasteiger partial charge in [-0.2, -0.15) is 0 Å². The molecule has 0 aliphatic rings. The number of amides is 1. The largest absolute Gasteiger partial charge is 0.495 e. The van der Waals surface area contributed by atoms with Crippen LogP contribution in [0.2, 0.25) is 0 Å². The normalized spacial score (nSPS) is 10.7. The lowest BCUT2D eigenvalue weighted by Gasteiger charge is -2.09. The number of methoxy groups -OCH3 is 1. The maximum Gasteiger partial charge on any atom is 0.351 e. The molecule has 2 heterocycles. The number of rotatable bonds is 6. The van der Waals surface area contributed by atoms with E-state index in [1.165, 1.54) is 42.1 Å². The molecule has 0 spiro atoms. The van der Waals surface area contributed by atoms with E-state index < -0.39 is 17.4 Å². The summed E-state index contributed by atoms with van der Waals surface area (Å²) in [7, 11) is 1.49. The average Bonchev–Trinajstić information content (AvgIpc) is 3.05. The summed E-state index contributed by atoms with van der Waals surface area (Å²) >= 11 is 0. The van der Waals surface area contributed by atoms with E-state index in [4.69, 9.17) is 9.47 Å². The average molecular weight is 409 g/mol. The van der Waals surface area contributed by atoms with Crippen molar-refractivity contribution in [3.63, 3.8) is 0 Å². The van der Waals surface area contributed by atoms with Gasteiger partial charge in [-0.1, -0.05) is 18.2 Å². The summed E-state index contributed by atoms with van der Waals surface area (Å²) in [5.74, 6) is -0.250. The molecule has 0 radical (unpaired) electrons.